The number of fused-ring (bicyclic) bond motifs is 5. The molecule has 2 bridgehead atoms. The summed E-state index contributed by atoms with van der Waals surface area (Å²) in [6.07, 6.45) is 4.17. The van der Waals surface area contributed by atoms with Crippen LogP contribution in [0.4, 0.5) is 5.69 Å². The predicted octanol–water partition coefficient (Wildman–Crippen LogP) is 2.68. The van der Waals surface area contributed by atoms with Gasteiger partial charge in [0.25, 0.3) is 11.8 Å². The molecule has 2 aliphatic heterocycles. The Kier molecular flexibility index (Phi) is 10.1. The molecule has 0 fully saturated rings. The number of aromatic nitrogens is 2. The van der Waals surface area contributed by atoms with Gasteiger partial charge in [-0.1, -0.05) is 30.3 Å². The Labute approximate surface area is 283 Å². The van der Waals surface area contributed by atoms with Crippen LogP contribution in [0, 0.1) is 0 Å². The summed E-state index contributed by atoms with van der Waals surface area (Å²) in [6, 6.07) is 18.9. The minimum Gasteiger partial charge on any atom is -0.493 e. The van der Waals surface area contributed by atoms with Gasteiger partial charge in [0.1, 0.15) is 17.6 Å². The summed E-state index contributed by atoms with van der Waals surface area (Å²) >= 11 is 0. The number of likely N-dealkylation sites (N-methyl/N-ethyl adjacent to an activating group) is 1. The topological polar surface area (TPSA) is 144 Å². The van der Waals surface area contributed by atoms with Crippen molar-refractivity contribution >= 4 is 29.3 Å². The number of carbonyl (C=O) groups is 4. The van der Waals surface area contributed by atoms with Crippen LogP contribution in [0.2, 0.25) is 0 Å². The Balaban J connectivity index is 1.30. The lowest BCUT2D eigenvalue weighted by Crippen LogP contribution is -2.51. The van der Waals surface area contributed by atoms with E-state index >= 15 is 0 Å². The van der Waals surface area contributed by atoms with Gasteiger partial charge in [-0.2, -0.15) is 0 Å². The lowest BCUT2D eigenvalue weighted by Gasteiger charge is -2.28. The molecule has 4 aromatic rings. The van der Waals surface area contributed by atoms with Gasteiger partial charge in [-0.05, 0) is 48.4 Å². The Bertz CT molecular complexity index is 1840. The van der Waals surface area contributed by atoms with Crippen LogP contribution in [-0.4, -0.2) is 91.1 Å². The van der Waals surface area contributed by atoms with E-state index in [0.717, 1.165) is 11.1 Å². The van der Waals surface area contributed by atoms with Crippen molar-refractivity contribution in [3.63, 3.8) is 0 Å². The van der Waals surface area contributed by atoms with Crippen LogP contribution >= 0.6 is 0 Å². The molecule has 3 heterocycles. The summed E-state index contributed by atoms with van der Waals surface area (Å²) < 4.78 is 19.1. The summed E-state index contributed by atoms with van der Waals surface area (Å²) in [6.45, 7) is 0.704. The van der Waals surface area contributed by atoms with Gasteiger partial charge in [0.05, 0.1) is 25.9 Å². The minimum absolute atomic E-state index is 0.0856. The van der Waals surface area contributed by atoms with E-state index in [0.29, 0.717) is 41.7 Å². The second-order valence-electron chi connectivity index (χ2n) is 11.8. The number of imidazole rings is 1. The van der Waals surface area contributed by atoms with Crippen molar-refractivity contribution in [1.82, 2.24) is 25.1 Å². The molecule has 2 N–H and O–H groups in total. The second kappa shape index (κ2) is 14.9. The minimum atomic E-state index is -0.888. The van der Waals surface area contributed by atoms with Crippen molar-refractivity contribution in [3.8, 4) is 28.6 Å². The van der Waals surface area contributed by atoms with E-state index in [1.807, 2.05) is 53.2 Å². The zero-order valence-corrected chi connectivity index (χ0v) is 27.4. The van der Waals surface area contributed by atoms with E-state index in [2.05, 4.69) is 15.6 Å². The molecule has 49 heavy (non-hydrogen) atoms. The Morgan fingerprint density at radius 3 is 2.65 bits per heavy atom. The highest BCUT2D eigenvalue weighted by Gasteiger charge is 2.27. The monoisotopic (exact) mass is 666 g/mol. The maximum atomic E-state index is 14.0. The molecule has 1 atom stereocenters. The van der Waals surface area contributed by atoms with E-state index < -0.39 is 17.9 Å². The van der Waals surface area contributed by atoms with Crippen molar-refractivity contribution in [2.45, 2.75) is 25.4 Å². The van der Waals surface area contributed by atoms with Crippen LogP contribution in [0.25, 0.3) is 11.4 Å². The largest absolute Gasteiger partial charge is 0.493 e. The van der Waals surface area contributed by atoms with Crippen LogP contribution in [0.3, 0.4) is 0 Å². The molecule has 4 amide bonds. The van der Waals surface area contributed by atoms with Crippen molar-refractivity contribution < 1.29 is 33.4 Å². The van der Waals surface area contributed by atoms with Crippen molar-refractivity contribution in [2.24, 2.45) is 0 Å². The highest BCUT2D eigenvalue weighted by atomic mass is 16.5. The summed E-state index contributed by atoms with van der Waals surface area (Å²) in [7, 11) is 3.18. The molecule has 13 heteroatoms. The second-order valence-corrected chi connectivity index (χ2v) is 11.8. The predicted molar refractivity (Wildman–Crippen MR) is 181 cm³/mol. The van der Waals surface area contributed by atoms with Gasteiger partial charge in [0.15, 0.2) is 18.1 Å². The third-order valence-corrected chi connectivity index (χ3v) is 8.47. The SMILES string of the molecule is COc1ccc2cc1OCCCN(C(=O)c1ccc3c(c1)N(C)C(=O)CO3)CC(=O)N[C@@H](Cc1ccccc1)C(=O)NCCn1ccnc1-2. The molecule has 0 saturated heterocycles. The number of ether oxygens (including phenoxy) is 3. The van der Waals surface area contributed by atoms with E-state index in [1.54, 1.807) is 44.6 Å². The number of hydrogen-bond donors (Lipinski definition) is 2. The van der Waals surface area contributed by atoms with Gasteiger partial charge >= 0.3 is 0 Å². The fourth-order valence-electron chi connectivity index (χ4n) is 5.85. The molecule has 3 aromatic carbocycles. The summed E-state index contributed by atoms with van der Waals surface area (Å²) in [5, 5.41) is 5.83. The molecular weight excluding hydrogens is 628 g/mol. The highest BCUT2D eigenvalue weighted by molar-refractivity contribution is 6.02. The molecule has 0 spiro atoms. The fourth-order valence-corrected chi connectivity index (χ4v) is 5.85. The molecule has 254 valence electrons. The summed E-state index contributed by atoms with van der Waals surface area (Å²) in [5.74, 6) is 0.716. The number of benzene rings is 3. The first-order chi connectivity index (χ1) is 23.8. The van der Waals surface area contributed by atoms with Crippen LogP contribution in [0.1, 0.15) is 22.3 Å². The zero-order valence-electron chi connectivity index (χ0n) is 27.4. The number of methoxy groups -OCH3 is 1. The average molecular weight is 667 g/mol. The number of nitrogens with one attached hydrogen (secondary N) is 2. The smallest absolute Gasteiger partial charge is 0.264 e. The number of anilines is 1. The van der Waals surface area contributed by atoms with E-state index in [1.165, 1.54) is 9.80 Å². The molecular formula is C36H38N6O7. The van der Waals surface area contributed by atoms with E-state index in [-0.39, 0.29) is 56.6 Å². The number of hydrogen-bond acceptors (Lipinski definition) is 8. The first-order valence-electron chi connectivity index (χ1n) is 16.1. The van der Waals surface area contributed by atoms with Gasteiger partial charge in [-0.25, -0.2) is 4.98 Å². The number of carbonyl (C=O) groups excluding carboxylic acids is 4. The number of nitrogens with zero attached hydrogens (tertiary/aromatic N) is 4. The maximum absolute atomic E-state index is 14.0. The summed E-state index contributed by atoms with van der Waals surface area (Å²) in [5.41, 5.74) is 2.42. The van der Waals surface area contributed by atoms with E-state index in [9.17, 15) is 19.2 Å². The third-order valence-electron chi connectivity index (χ3n) is 8.47. The first-order valence-corrected chi connectivity index (χ1v) is 16.1. The molecule has 2 aliphatic rings. The molecule has 0 unspecified atom stereocenters. The van der Waals surface area contributed by atoms with Gasteiger partial charge in [0, 0.05) is 56.6 Å². The molecule has 6 rings (SSSR count). The number of amides is 4. The zero-order chi connectivity index (χ0) is 34.3. The van der Waals surface area contributed by atoms with Crippen molar-refractivity contribution in [2.75, 3.05) is 51.9 Å². The lowest BCUT2D eigenvalue weighted by molar-refractivity contribution is -0.129. The highest BCUT2D eigenvalue weighted by Crippen LogP contribution is 2.33. The number of rotatable bonds is 4. The lowest BCUT2D eigenvalue weighted by atomic mass is 10.1. The molecule has 13 nitrogen and oxygen atoms in total. The Morgan fingerprint density at radius 2 is 1.84 bits per heavy atom. The third kappa shape index (κ3) is 7.67. The van der Waals surface area contributed by atoms with Gasteiger partial charge in [-0.15, -0.1) is 0 Å². The van der Waals surface area contributed by atoms with E-state index in [4.69, 9.17) is 14.2 Å². The fraction of sp³-hybridized carbons (Fsp3) is 0.306. The van der Waals surface area contributed by atoms with Gasteiger partial charge < -0.3 is 39.2 Å². The average Bonchev–Trinajstić information content (AvgIpc) is 3.59. The summed E-state index contributed by atoms with van der Waals surface area (Å²) in [4.78, 5) is 60.8. The van der Waals surface area contributed by atoms with Crippen molar-refractivity contribution in [3.05, 3.63) is 90.3 Å². The molecule has 0 radical (unpaired) electrons. The standard InChI is InChI=1S/C36H38N6O7/c1-40-28-20-26(10-11-29(28)49-23-33(40)44)36(46)42-15-6-18-48-31-21-25(9-12-30(31)47-2)34-37-13-16-41(34)17-14-38-35(45)27(39-32(43)22-42)19-24-7-4-3-5-8-24/h3-5,7-13,16,20-21,27H,6,14-15,17-19,22-23H2,1-2H3,(H,38,45)(H,39,43)/t27-/m0/s1. The Morgan fingerprint density at radius 1 is 1.00 bits per heavy atom. The van der Waals surface area contributed by atoms with Crippen LogP contribution in [0.5, 0.6) is 17.2 Å². The Hall–Kier alpha value is -5.85. The normalized spacial score (nSPS) is 17.3. The molecule has 0 saturated carbocycles. The van der Waals surface area contributed by atoms with Crippen LogP contribution in [-0.2, 0) is 27.3 Å². The maximum Gasteiger partial charge on any atom is 0.264 e. The molecule has 1 aromatic heterocycles. The van der Waals surface area contributed by atoms with Crippen LogP contribution in [0.15, 0.2) is 79.1 Å². The van der Waals surface area contributed by atoms with Crippen molar-refractivity contribution in [1.29, 1.82) is 0 Å². The van der Waals surface area contributed by atoms with Gasteiger partial charge in [0.2, 0.25) is 11.8 Å². The van der Waals surface area contributed by atoms with Crippen LogP contribution < -0.4 is 29.7 Å². The quantitative estimate of drug-likeness (QED) is 0.339. The van der Waals surface area contributed by atoms with Gasteiger partial charge in [-0.3, -0.25) is 19.2 Å². The molecule has 0 aliphatic carbocycles. The first kappa shape index (κ1) is 33.1.